The maximum absolute atomic E-state index is 12.8. The van der Waals surface area contributed by atoms with Crippen LogP contribution in [0.25, 0.3) is 0 Å². The third-order valence-electron chi connectivity index (χ3n) is 2.04. The molecule has 1 atom stereocenters. The van der Waals surface area contributed by atoms with Gasteiger partial charge in [-0.2, -0.15) is 0 Å². The standard InChI is InChI=1S/C12H17ClFNO/c1-8(2)15-7-9(3)16-12-5-4-10(14)6-11(12)13/h4-6,8-9,15H,7H2,1-3H3. The Labute approximate surface area is 101 Å². The Morgan fingerprint density at radius 3 is 2.62 bits per heavy atom. The first-order valence-electron chi connectivity index (χ1n) is 5.34. The lowest BCUT2D eigenvalue weighted by Gasteiger charge is -2.17. The van der Waals surface area contributed by atoms with Gasteiger partial charge in [0.25, 0.3) is 0 Å². The summed E-state index contributed by atoms with van der Waals surface area (Å²) in [5.74, 6) is 0.159. The van der Waals surface area contributed by atoms with E-state index in [4.69, 9.17) is 16.3 Å². The van der Waals surface area contributed by atoms with Gasteiger partial charge in [0.15, 0.2) is 0 Å². The van der Waals surface area contributed by atoms with Crippen molar-refractivity contribution in [3.05, 3.63) is 29.0 Å². The van der Waals surface area contributed by atoms with Crippen LogP contribution in [0.5, 0.6) is 5.75 Å². The molecule has 1 unspecified atom stereocenters. The highest BCUT2D eigenvalue weighted by atomic mass is 35.5. The highest BCUT2D eigenvalue weighted by molar-refractivity contribution is 6.32. The minimum absolute atomic E-state index is 0.00892. The molecular formula is C12H17ClFNO. The topological polar surface area (TPSA) is 21.3 Å². The summed E-state index contributed by atoms with van der Waals surface area (Å²) < 4.78 is 18.4. The van der Waals surface area contributed by atoms with E-state index in [1.165, 1.54) is 12.1 Å². The monoisotopic (exact) mass is 245 g/mol. The van der Waals surface area contributed by atoms with E-state index in [2.05, 4.69) is 19.2 Å². The van der Waals surface area contributed by atoms with Crippen molar-refractivity contribution in [1.29, 1.82) is 0 Å². The Morgan fingerprint density at radius 1 is 1.38 bits per heavy atom. The van der Waals surface area contributed by atoms with Gasteiger partial charge in [0.1, 0.15) is 17.7 Å². The molecule has 90 valence electrons. The molecule has 0 aliphatic heterocycles. The molecule has 0 bridgehead atoms. The van der Waals surface area contributed by atoms with Crippen molar-refractivity contribution in [2.45, 2.75) is 32.9 Å². The first kappa shape index (κ1) is 13.3. The van der Waals surface area contributed by atoms with Gasteiger partial charge in [-0.15, -0.1) is 0 Å². The molecule has 1 rings (SSSR count). The molecule has 16 heavy (non-hydrogen) atoms. The van der Waals surface area contributed by atoms with Crippen LogP contribution < -0.4 is 10.1 Å². The maximum atomic E-state index is 12.8. The van der Waals surface area contributed by atoms with Gasteiger partial charge in [0.05, 0.1) is 5.02 Å². The zero-order valence-corrected chi connectivity index (χ0v) is 10.5. The van der Waals surface area contributed by atoms with Crippen molar-refractivity contribution in [3.63, 3.8) is 0 Å². The summed E-state index contributed by atoms with van der Waals surface area (Å²) >= 11 is 5.85. The van der Waals surface area contributed by atoms with Crippen LogP contribution in [-0.4, -0.2) is 18.7 Å². The van der Waals surface area contributed by atoms with Crippen molar-refractivity contribution < 1.29 is 9.13 Å². The SMILES string of the molecule is CC(C)NCC(C)Oc1ccc(F)cc1Cl. The average molecular weight is 246 g/mol. The molecule has 1 aromatic carbocycles. The minimum atomic E-state index is -0.356. The summed E-state index contributed by atoms with van der Waals surface area (Å²) in [5, 5.41) is 3.56. The van der Waals surface area contributed by atoms with Gasteiger partial charge >= 0.3 is 0 Å². The van der Waals surface area contributed by atoms with Gasteiger partial charge in [-0.05, 0) is 25.1 Å². The average Bonchev–Trinajstić information content (AvgIpc) is 2.19. The predicted molar refractivity (Wildman–Crippen MR) is 64.6 cm³/mol. The fourth-order valence-corrected chi connectivity index (χ4v) is 1.44. The van der Waals surface area contributed by atoms with Crippen LogP contribution in [0, 0.1) is 5.82 Å². The van der Waals surface area contributed by atoms with Crippen LogP contribution in [0.2, 0.25) is 5.02 Å². The Hall–Kier alpha value is -0.800. The second-order valence-corrected chi connectivity index (χ2v) is 4.47. The molecule has 2 nitrogen and oxygen atoms in total. The normalized spacial score (nSPS) is 12.9. The van der Waals surface area contributed by atoms with E-state index in [-0.39, 0.29) is 11.9 Å². The first-order chi connectivity index (χ1) is 7.49. The van der Waals surface area contributed by atoms with E-state index >= 15 is 0 Å². The van der Waals surface area contributed by atoms with E-state index in [1.54, 1.807) is 6.07 Å². The molecule has 0 spiro atoms. The van der Waals surface area contributed by atoms with Crippen molar-refractivity contribution in [2.75, 3.05) is 6.54 Å². The highest BCUT2D eigenvalue weighted by Gasteiger charge is 2.08. The van der Waals surface area contributed by atoms with Gasteiger partial charge < -0.3 is 10.1 Å². The number of rotatable bonds is 5. The van der Waals surface area contributed by atoms with Gasteiger partial charge in [0, 0.05) is 12.6 Å². The number of halogens is 2. The third kappa shape index (κ3) is 4.37. The van der Waals surface area contributed by atoms with Gasteiger partial charge in [-0.25, -0.2) is 4.39 Å². The molecule has 0 amide bonds. The van der Waals surface area contributed by atoms with Gasteiger partial charge in [-0.1, -0.05) is 25.4 Å². The van der Waals surface area contributed by atoms with Crippen LogP contribution in [0.1, 0.15) is 20.8 Å². The zero-order valence-electron chi connectivity index (χ0n) is 9.76. The second kappa shape index (κ2) is 6.06. The van der Waals surface area contributed by atoms with Crippen molar-refractivity contribution in [2.24, 2.45) is 0 Å². The number of nitrogens with one attached hydrogen (secondary N) is 1. The summed E-state index contributed by atoms with van der Waals surface area (Å²) in [5.41, 5.74) is 0. The summed E-state index contributed by atoms with van der Waals surface area (Å²) in [7, 11) is 0. The molecular weight excluding hydrogens is 229 g/mol. The Morgan fingerprint density at radius 2 is 2.06 bits per heavy atom. The number of benzene rings is 1. The van der Waals surface area contributed by atoms with E-state index in [9.17, 15) is 4.39 Å². The summed E-state index contributed by atoms with van der Waals surface area (Å²) in [4.78, 5) is 0. The summed E-state index contributed by atoms with van der Waals surface area (Å²) in [6, 6.07) is 4.54. The van der Waals surface area contributed by atoms with Crippen LogP contribution in [0.15, 0.2) is 18.2 Å². The number of ether oxygens (including phenoxy) is 1. The molecule has 0 heterocycles. The number of hydrogen-bond acceptors (Lipinski definition) is 2. The molecule has 1 aromatic rings. The molecule has 0 saturated carbocycles. The van der Waals surface area contributed by atoms with E-state index in [1.807, 2.05) is 6.92 Å². The van der Waals surface area contributed by atoms with Crippen LogP contribution >= 0.6 is 11.6 Å². The van der Waals surface area contributed by atoms with Crippen LogP contribution in [0.3, 0.4) is 0 Å². The van der Waals surface area contributed by atoms with Crippen molar-refractivity contribution >= 4 is 11.6 Å². The summed E-state index contributed by atoms with van der Waals surface area (Å²) in [6.45, 7) is 6.80. The molecule has 1 N–H and O–H groups in total. The highest BCUT2D eigenvalue weighted by Crippen LogP contribution is 2.25. The van der Waals surface area contributed by atoms with E-state index in [0.29, 0.717) is 16.8 Å². The molecule has 0 saturated heterocycles. The third-order valence-corrected chi connectivity index (χ3v) is 2.33. The fraction of sp³-hybridized carbons (Fsp3) is 0.500. The quantitative estimate of drug-likeness (QED) is 0.860. The van der Waals surface area contributed by atoms with Gasteiger partial charge in [0.2, 0.25) is 0 Å². The molecule has 0 aliphatic carbocycles. The molecule has 0 fully saturated rings. The molecule has 4 heteroatoms. The number of hydrogen-bond donors (Lipinski definition) is 1. The first-order valence-corrected chi connectivity index (χ1v) is 5.72. The Kier molecular flexibility index (Phi) is 5.03. The fourth-order valence-electron chi connectivity index (χ4n) is 1.23. The lowest BCUT2D eigenvalue weighted by molar-refractivity contribution is 0.213. The second-order valence-electron chi connectivity index (χ2n) is 4.07. The Balaban J connectivity index is 2.52. The van der Waals surface area contributed by atoms with E-state index in [0.717, 1.165) is 6.54 Å². The predicted octanol–water partition coefficient (Wildman–Crippen LogP) is 3.24. The van der Waals surface area contributed by atoms with Crippen LogP contribution in [0.4, 0.5) is 4.39 Å². The smallest absolute Gasteiger partial charge is 0.138 e. The minimum Gasteiger partial charge on any atom is -0.488 e. The molecule has 0 aliphatic rings. The van der Waals surface area contributed by atoms with Crippen molar-refractivity contribution in [1.82, 2.24) is 5.32 Å². The Bertz CT molecular complexity index is 344. The maximum Gasteiger partial charge on any atom is 0.138 e. The van der Waals surface area contributed by atoms with Gasteiger partial charge in [-0.3, -0.25) is 0 Å². The summed E-state index contributed by atoms with van der Waals surface area (Å²) in [6.07, 6.45) is -0.00892. The molecule has 0 aromatic heterocycles. The molecule has 0 radical (unpaired) electrons. The lowest BCUT2D eigenvalue weighted by Crippen LogP contribution is -2.33. The zero-order chi connectivity index (χ0) is 12.1. The van der Waals surface area contributed by atoms with Crippen LogP contribution in [-0.2, 0) is 0 Å². The van der Waals surface area contributed by atoms with E-state index < -0.39 is 0 Å². The largest absolute Gasteiger partial charge is 0.488 e. The van der Waals surface area contributed by atoms with Crippen molar-refractivity contribution in [3.8, 4) is 5.75 Å². The lowest BCUT2D eigenvalue weighted by atomic mass is 10.3.